The smallest absolute Gasteiger partial charge is 0.240 e. The predicted molar refractivity (Wildman–Crippen MR) is 74.8 cm³/mol. The Morgan fingerprint density at radius 3 is 2.90 bits per heavy atom. The summed E-state index contributed by atoms with van der Waals surface area (Å²) < 4.78 is 33.5. The van der Waals surface area contributed by atoms with Crippen molar-refractivity contribution in [3.8, 4) is 5.75 Å². The molecule has 0 atom stereocenters. The molecule has 0 amide bonds. The number of nitrogen functional groups attached to an aromatic ring is 1. The van der Waals surface area contributed by atoms with Crippen LogP contribution in [0.4, 0.5) is 5.69 Å². The fourth-order valence-corrected chi connectivity index (χ4v) is 2.71. The highest BCUT2D eigenvalue weighted by molar-refractivity contribution is 7.89. The molecule has 7 nitrogen and oxygen atoms in total. The second-order valence-electron chi connectivity index (χ2n) is 4.10. The van der Waals surface area contributed by atoms with Crippen molar-refractivity contribution >= 4 is 15.7 Å². The Balaban J connectivity index is 2.06. The van der Waals surface area contributed by atoms with Gasteiger partial charge < -0.3 is 15.0 Å². The number of imidazole rings is 1. The number of benzene rings is 1. The molecule has 20 heavy (non-hydrogen) atoms. The van der Waals surface area contributed by atoms with Crippen LogP contribution in [0.15, 0.2) is 41.8 Å². The molecular weight excluding hydrogens is 280 g/mol. The number of anilines is 1. The van der Waals surface area contributed by atoms with Crippen LogP contribution in [0.3, 0.4) is 0 Å². The molecule has 2 aromatic rings. The second kappa shape index (κ2) is 5.93. The van der Waals surface area contributed by atoms with E-state index in [-0.39, 0.29) is 11.4 Å². The number of methoxy groups -OCH3 is 1. The SMILES string of the molecule is COc1cc(S(=O)(=O)NCCn2ccnc2)ccc1N. The molecule has 0 aliphatic heterocycles. The minimum atomic E-state index is -3.58. The molecule has 0 radical (unpaired) electrons. The average molecular weight is 296 g/mol. The van der Waals surface area contributed by atoms with Gasteiger partial charge in [-0.15, -0.1) is 0 Å². The zero-order chi connectivity index (χ0) is 14.6. The van der Waals surface area contributed by atoms with Crippen LogP contribution in [-0.4, -0.2) is 31.6 Å². The number of ether oxygens (including phenoxy) is 1. The van der Waals surface area contributed by atoms with Crippen LogP contribution in [0.25, 0.3) is 0 Å². The Labute approximate surface area is 117 Å². The molecule has 0 saturated carbocycles. The van der Waals surface area contributed by atoms with Crippen LogP contribution >= 0.6 is 0 Å². The summed E-state index contributed by atoms with van der Waals surface area (Å²) in [4.78, 5) is 4.00. The minimum absolute atomic E-state index is 0.120. The highest BCUT2D eigenvalue weighted by Crippen LogP contribution is 2.24. The van der Waals surface area contributed by atoms with Crippen molar-refractivity contribution in [2.45, 2.75) is 11.4 Å². The Kier molecular flexibility index (Phi) is 4.26. The summed E-state index contributed by atoms with van der Waals surface area (Å²) in [5, 5.41) is 0. The average Bonchev–Trinajstić information content (AvgIpc) is 2.92. The van der Waals surface area contributed by atoms with E-state index < -0.39 is 10.0 Å². The molecule has 0 fully saturated rings. The van der Waals surface area contributed by atoms with Crippen LogP contribution < -0.4 is 15.2 Å². The maximum absolute atomic E-state index is 12.1. The van der Waals surface area contributed by atoms with Crippen molar-refractivity contribution in [1.29, 1.82) is 0 Å². The van der Waals surface area contributed by atoms with Crippen molar-refractivity contribution in [3.63, 3.8) is 0 Å². The first kappa shape index (κ1) is 14.4. The summed E-state index contributed by atoms with van der Waals surface area (Å²) in [5.74, 6) is 0.336. The van der Waals surface area contributed by atoms with Gasteiger partial charge >= 0.3 is 0 Å². The minimum Gasteiger partial charge on any atom is -0.495 e. The van der Waals surface area contributed by atoms with Gasteiger partial charge in [0.2, 0.25) is 10.0 Å². The number of nitrogens with one attached hydrogen (secondary N) is 1. The van der Waals surface area contributed by atoms with E-state index >= 15 is 0 Å². The fraction of sp³-hybridized carbons (Fsp3) is 0.250. The van der Waals surface area contributed by atoms with Gasteiger partial charge in [0.05, 0.1) is 24.0 Å². The summed E-state index contributed by atoms with van der Waals surface area (Å²) in [6.45, 7) is 0.775. The topological polar surface area (TPSA) is 99.2 Å². The Hall–Kier alpha value is -2.06. The monoisotopic (exact) mass is 296 g/mol. The number of hydrogen-bond acceptors (Lipinski definition) is 5. The molecule has 2 rings (SSSR count). The normalized spacial score (nSPS) is 11.4. The van der Waals surface area contributed by atoms with Crippen LogP contribution in [0.5, 0.6) is 5.75 Å². The number of nitrogens with two attached hydrogens (primary N) is 1. The van der Waals surface area contributed by atoms with Crippen LogP contribution in [0, 0.1) is 0 Å². The third-order valence-corrected chi connectivity index (χ3v) is 4.20. The van der Waals surface area contributed by atoms with Crippen LogP contribution in [0.2, 0.25) is 0 Å². The van der Waals surface area contributed by atoms with Gasteiger partial charge in [0.25, 0.3) is 0 Å². The van der Waals surface area contributed by atoms with Crippen molar-refractivity contribution < 1.29 is 13.2 Å². The van der Waals surface area contributed by atoms with Crippen molar-refractivity contribution in [2.75, 3.05) is 19.4 Å². The van der Waals surface area contributed by atoms with Gasteiger partial charge in [-0.05, 0) is 12.1 Å². The van der Waals surface area contributed by atoms with E-state index in [2.05, 4.69) is 9.71 Å². The maximum atomic E-state index is 12.1. The molecule has 1 heterocycles. The van der Waals surface area contributed by atoms with E-state index in [1.165, 1.54) is 25.3 Å². The van der Waals surface area contributed by atoms with Crippen LogP contribution in [0.1, 0.15) is 0 Å². The third-order valence-electron chi connectivity index (χ3n) is 2.74. The molecule has 0 spiro atoms. The molecule has 3 N–H and O–H groups in total. The lowest BCUT2D eigenvalue weighted by Gasteiger charge is -2.10. The highest BCUT2D eigenvalue weighted by atomic mass is 32.2. The molecule has 0 unspecified atom stereocenters. The van der Waals surface area contributed by atoms with E-state index in [4.69, 9.17) is 10.5 Å². The lowest BCUT2D eigenvalue weighted by atomic mass is 10.3. The predicted octanol–water partition coefficient (Wildman–Crippen LogP) is 0.452. The second-order valence-corrected chi connectivity index (χ2v) is 5.87. The first-order valence-corrected chi connectivity index (χ1v) is 7.40. The van der Waals surface area contributed by atoms with E-state index in [0.717, 1.165) is 0 Å². The van der Waals surface area contributed by atoms with Gasteiger partial charge in [0.15, 0.2) is 0 Å². The molecule has 0 aliphatic carbocycles. The van der Waals surface area contributed by atoms with E-state index in [1.54, 1.807) is 23.3 Å². The molecule has 1 aromatic heterocycles. The van der Waals surface area contributed by atoms with Gasteiger partial charge in [-0.3, -0.25) is 0 Å². The molecule has 8 heteroatoms. The quantitative estimate of drug-likeness (QED) is 0.754. The summed E-state index contributed by atoms with van der Waals surface area (Å²) in [6, 6.07) is 4.34. The van der Waals surface area contributed by atoms with Gasteiger partial charge in [-0.2, -0.15) is 0 Å². The lowest BCUT2D eigenvalue weighted by molar-refractivity contribution is 0.415. The maximum Gasteiger partial charge on any atom is 0.240 e. The zero-order valence-corrected chi connectivity index (χ0v) is 11.8. The Morgan fingerprint density at radius 2 is 2.25 bits per heavy atom. The van der Waals surface area contributed by atoms with Crippen molar-refractivity contribution in [3.05, 3.63) is 36.9 Å². The molecule has 0 bridgehead atoms. The number of hydrogen-bond donors (Lipinski definition) is 2. The van der Waals surface area contributed by atoms with Crippen molar-refractivity contribution in [2.24, 2.45) is 0 Å². The summed E-state index contributed by atoms with van der Waals surface area (Å²) in [6.07, 6.45) is 5.03. The van der Waals surface area contributed by atoms with Gasteiger partial charge in [0.1, 0.15) is 5.75 Å². The van der Waals surface area contributed by atoms with E-state index in [9.17, 15) is 8.42 Å². The number of rotatable bonds is 6. The third kappa shape index (κ3) is 3.28. The largest absolute Gasteiger partial charge is 0.495 e. The lowest BCUT2D eigenvalue weighted by Crippen LogP contribution is -2.27. The standard InChI is InChI=1S/C12H16N4O3S/c1-19-12-8-10(2-3-11(12)13)20(17,18)15-5-7-16-6-4-14-9-16/h2-4,6,8-9,15H,5,7,13H2,1H3. The molecule has 0 saturated heterocycles. The Bertz CT molecular complexity index is 668. The first-order valence-electron chi connectivity index (χ1n) is 5.92. The Morgan fingerprint density at radius 1 is 1.45 bits per heavy atom. The molecule has 1 aromatic carbocycles. The zero-order valence-electron chi connectivity index (χ0n) is 11.0. The van der Waals surface area contributed by atoms with Gasteiger partial charge in [0, 0.05) is 31.5 Å². The number of aromatic nitrogens is 2. The summed E-state index contributed by atoms with van der Waals surface area (Å²) in [5.41, 5.74) is 6.05. The highest BCUT2D eigenvalue weighted by Gasteiger charge is 2.15. The van der Waals surface area contributed by atoms with Crippen molar-refractivity contribution in [1.82, 2.24) is 14.3 Å². The van der Waals surface area contributed by atoms with E-state index in [0.29, 0.717) is 18.0 Å². The number of nitrogens with zero attached hydrogens (tertiary/aromatic N) is 2. The van der Waals surface area contributed by atoms with Gasteiger partial charge in [-0.1, -0.05) is 0 Å². The molecule has 108 valence electrons. The van der Waals surface area contributed by atoms with Gasteiger partial charge in [-0.25, -0.2) is 18.1 Å². The summed E-state index contributed by atoms with van der Waals surface area (Å²) in [7, 11) is -2.14. The molecular formula is C12H16N4O3S. The van der Waals surface area contributed by atoms with E-state index in [1.807, 2.05) is 0 Å². The molecule has 0 aliphatic rings. The number of sulfonamides is 1. The first-order chi connectivity index (χ1) is 9.53. The fourth-order valence-electron chi connectivity index (χ4n) is 1.67. The summed E-state index contributed by atoms with van der Waals surface area (Å²) >= 11 is 0. The van der Waals surface area contributed by atoms with Crippen LogP contribution in [-0.2, 0) is 16.6 Å².